The number of nitrogens with one attached hydrogen (secondary N) is 1. The lowest BCUT2D eigenvalue weighted by molar-refractivity contribution is -0.118. The first-order chi connectivity index (χ1) is 11.6. The van der Waals surface area contributed by atoms with Gasteiger partial charge in [-0.05, 0) is 46.7 Å². The zero-order valence-electron chi connectivity index (χ0n) is 12.2. The van der Waals surface area contributed by atoms with Crippen LogP contribution in [0.15, 0.2) is 53.2 Å². The summed E-state index contributed by atoms with van der Waals surface area (Å²) in [4.78, 5) is 11.9. The van der Waals surface area contributed by atoms with E-state index in [2.05, 4.69) is 20.3 Å². The van der Waals surface area contributed by atoms with E-state index in [9.17, 15) is 9.18 Å². The molecule has 0 aliphatic carbocycles. The Morgan fingerprint density at radius 2 is 1.83 bits per heavy atom. The fraction of sp³-hybridized carbons (Fsp3) is 0.0625. The maximum Gasteiger partial charge on any atom is 0.263 e. The largest absolute Gasteiger partial charge is 0.484 e. The maximum absolute atomic E-state index is 12.8. The maximum atomic E-state index is 12.8. The highest BCUT2D eigenvalue weighted by molar-refractivity contribution is 6.30. The van der Waals surface area contributed by atoms with Gasteiger partial charge in [0, 0.05) is 10.6 Å². The van der Waals surface area contributed by atoms with Gasteiger partial charge in [-0.1, -0.05) is 23.7 Å². The lowest BCUT2D eigenvalue weighted by Crippen LogP contribution is -2.20. The molecule has 1 heterocycles. The van der Waals surface area contributed by atoms with Gasteiger partial charge >= 0.3 is 0 Å². The topological polar surface area (TPSA) is 77.2 Å². The van der Waals surface area contributed by atoms with Crippen molar-refractivity contribution in [3.63, 3.8) is 0 Å². The summed E-state index contributed by atoms with van der Waals surface area (Å²) in [6, 6.07) is 12.2. The van der Waals surface area contributed by atoms with Crippen molar-refractivity contribution in [1.82, 2.24) is 10.3 Å². The summed E-state index contributed by atoms with van der Waals surface area (Å²) in [5.74, 6) is -0.286. The minimum absolute atomic E-state index is 0.171. The zero-order chi connectivity index (χ0) is 16.9. The van der Waals surface area contributed by atoms with Crippen molar-refractivity contribution in [3.8, 4) is 17.0 Å². The third kappa shape index (κ3) is 3.88. The fourth-order valence-electron chi connectivity index (χ4n) is 1.92. The predicted octanol–water partition coefficient (Wildman–Crippen LogP) is 3.55. The van der Waals surface area contributed by atoms with E-state index < -0.39 is 5.91 Å². The monoisotopic (exact) mass is 347 g/mol. The molecule has 8 heteroatoms. The van der Waals surface area contributed by atoms with Crippen LogP contribution in [-0.4, -0.2) is 22.8 Å². The lowest BCUT2D eigenvalue weighted by Gasteiger charge is -2.06. The summed E-state index contributed by atoms with van der Waals surface area (Å²) in [5.41, 5.74) is 1.07. The number of hydrogen-bond acceptors (Lipinski definition) is 5. The molecule has 0 spiro atoms. The number of rotatable bonds is 5. The molecule has 0 bridgehead atoms. The Morgan fingerprint density at radius 3 is 2.54 bits per heavy atom. The standard InChI is InChI=1S/C16H11ClFN3O3/c17-11-3-1-10(2-4-11)15-16(21-24-20-15)19-14(22)9-23-13-7-5-12(18)6-8-13/h1-8H,9H2,(H,19,21,22). The van der Waals surface area contributed by atoms with Gasteiger partial charge in [-0.15, -0.1) is 0 Å². The second-order valence-electron chi connectivity index (χ2n) is 4.76. The number of nitrogens with zero attached hydrogens (tertiary/aromatic N) is 2. The molecule has 1 amide bonds. The summed E-state index contributed by atoms with van der Waals surface area (Å²) in [7, 11) is 0. The molecule has 0 aliphatic rings. The number of halogens is 2. The first-order valence-corrected chi connectivity index (χ1v) is 7.26. The van der Waals surface area contributed by atoms with Crippen LogP contribution in [0.25, 0.3) is 11.3 Å². The van der Waals surface area contributed by atoms with E-state index in [-0.39, 0.29) is 18.2 Å². The highest BCUT2D eigenvalue weighted by atomic mass is 35.5. The van der Waals surface area contributed by atoms with Gasteiger partial charge < -0.3 is 10.1 Å². The second kappa shape index (κ2) is 7.10. The summed E-state index contributed by atoms with van der Waals surface area (Å²) in [6.45, 7) is -0.265. The van der Waals surface area contributed by atoms with Gasteiger partial charge in [0.1, 0.15) is 11.6 Å². The van der Waals surface area contributed by atoms with Gasteiger partial charge in [0.25, 0.3) is 5.91 Å². The Balaban J connectivity index is 1.64. The molecule has 0 atom stereocenters. The van der Waals surface area contributed by atoms with Crippen LogP contribution >= 0.6 is 11.6 Å². The molecule has 3 rings (SSSR count). The number of hydrogen-bond donors (Lipinski definition) is 1. The van der Waals surface area contributed by atoms with Crippen LogP contribution < -0.4 is 10.1 Å². The van der Waals surface area contributed by atoms with Crippen LogP contribution in [0, 0.1) is 5.82 Å². The number of benzene rings is 2. The van der Waals surface area contributed by atoms with Gasteiger partial charge in [-0.2, -0.15) is 0 Å². The van der Waals surface area contributed by atoms with Crippen LogP contribution in [0.1, 0.15) is 0 Å². The van der Waals surface area contributed by atoms with Crippen LogP contribution in [0.4, 0.5) is 10.2 Å². The van der Waals surface area contributed by atoms with Gasteiger partial charge in [0.2, 0.25) is 5.82 Å². The molecule has 1 aromatic heterocycles. The third-order valence-electron chi connectivity index (χ3n) is 3.05. The quantitative estimate of drug-likeness (QED) is 0.763. The number of carbonyl (C=O) groups is 1. The van der Waals surface area contributed by atoms with Crippen LogP contribution in [-0.2, 0) is 4.79 Å². The summed E-state index contributed by atoms with van der Waals surface area (Å²) in [5, 5.41) is 10.6. The number of ether oxygens (including phenoxy) is 1. The van der Waals surface area contributed by atoms with Crippen molar-refractivity contribution in [3.05, 3.63) is 59.4 Å². The summed E-state index contributed by atoms with van der Waals surface area (Å²) >= 11 is 5.84. The van der Waals surface area contributed by atoms with E-state index in [0.29, 0.717) is 22.0 Å². The predicted molar refractivity (Wildman–Crippen MR) is 85.3 cm³/mol. The molecule has 24 heavy (non-hydrogen) atoms. The number of amides is 1. The van der Waals surface area contributed by atoms with Gasteiger partial charge in [0.15, 0.2) is 12.3 Å². The molecule has 1 N–H and O–H groups in total. The first-order valence-electron chi connectivity index (χ1n) is 6.88. The molecular weight excluding hydrogens is 337 g/mol. The Kier molecular flexibility index (Phi) is 4.72. The van der Waals surface area contributed by atoms with Crippen LogP contribution in [0.2, 0.25) is 5.02 Å². The van der Waals surface area contributed by atoms with Crippen LogP contribution in [0.3, 0.4) is 0 Å². The molecule has 3 aromatic rings. The molecule has 0 saturated heterocycles. The Morgan fingerprint density at radius 1 is 1.12 bits per heavy atom. The molecule has 0 fully saturated rings. The zero-order valence-corrected chi connectivity index (χ0v) is 13.0. The minimum atomic E-state index is -0.453. The van der Waals surface area contributed by atoms with E-state index in [1.54, 1.807) is 24.3 Å². The van der Waals surface area contributed by atoms with Crippen molar-refractivity contribution in [2.45, 2.75) is 0 Å². The number of aromatic nitrogens is 2. The van der Waals surface area contributed by atoms with Crippen LogP contribution in [0.5, 0.6) is 5.75 Å². The molecule has 0 aliphatic heterocycles. The molecular formula is C16H11ClFN3O3. The summed E-state index contributed by atoms with van der Waals surface area (Å²) < 4.78 is 22.7. The number of carbonyl (C=O) groups excluding carboxylic acids is 1. The highest BCUT2D eigenvalue weighted by Crippen LogP contribution is 2.25. The van der Waals surface area contributed by atoms with Gasteiger partial charge in [-0.25, -0.2) is 9.02 Å². The van der Waals surface area contributed by atoms with Crippen molar-refractivity contribution in [2.24, 2.45) is 0 Å². The lowest BCUT2D eigenvalue weighted by atomic mass is 10.1. The van der Waals surface area contributed by atoms with Crippen molar-refractivity contribution in [2.75, 3.05) is 11.9 Å². The van der Waals surface area contributed by atoms with E-state index in [0.717, 1.165) is 0 Å². The molecule has 6 nitrogen and oxygen atoms in total. The minimum Gasteiger partial charge on any atom is -0.484 e. The Bertz CT molecular complexity index is 835. The van der Waals surface area contributed by atoms with E-state index >= 15 is 0 Å². The normalized spacial score (nSPS) is 10.4. The SMILES string of the molecule is O=C(COc1ccc(F)cc1)Nc1nonc1-c1ccc(Cl)cc1. The average molecular weight is 348 g/mol. The van der Waals surface area contributed by atoms with Crippen molar-refractivity contribution >= 4 is 23.3 Å². The molecule has 2 aromatic carbocycles. The number of anilines is 1. The molecule has 0 radical (unpaired) electrons. The molecule has 0 unspecified atom stereocenters. The Labute approximate surface area is 141 Å². The van der Waals surface area contributed by atoms with Gasteiger partial charge in [-0.3, -0.25) is 4.79 Å². The second-order valence-corrected chi connectivity index (χ2v) is 5.20. The van der Waals surface area contributed by atoms with Crippen molar-refractivity contribution < 1.29 is 18.6 Å². The fourth-order valence-corrected chi connectivity index (χ4v) is 2.04. The average Bonchev–Trinajstić information content (AvgIpc) is 3.03. The summed E-state index contributed by atoms with van der Waals surface area (Å²) in [6.07, 6.45) is 0. The van der Waals surface area contributed by atoms with Gasteiger partial charge in [0.05, 0.1) is 0 Å². The smallest absolute Gasteiger partial charge is 0.263 e. The first kappa shape index (κ1) is 15.9. The molecule has 122 valence electrons. The highest BCUT2D eigenvalue weighted by Gasteiger charge is 2.15. The third-order valence-corrected chi connectivity index (χ3v) is 3.30. The van der Waals surface area contributed by atoms with E-state index in [4.69, 9.17) is 16.3 Å². The van der Waals surface area contributed by atoms with Crippen molar-refractivity contribution in [1.29, 1.82) is 0 Å². The molecule has 0 saturated carbocycles. The van der Waals surface area contributed by atoms with E-state index in [1.165, 1.54) is 24.3 Å². The Hall–Kier alpha value is -2.93. The van der Waals surface area contributed by atoms with E-state index in [1.807, 2.05) is 0 Å².